The molecule has 1 heterocycles. The average molecular weight is 367 g/mol. The number of benzene rings is 1. The lowest BCUT2D eigenvalue weighted by molar-refractivity contribution is -0.126. The van der Waals surface area contributed by atoms with E-state index in [1.54, 1.807) is 6.20 Å². The predicted octanol–water partition coefficient (Wildman–Crippen LogP) is 3.11. The lowest BCUT2D eigenvalue weighted by Gasteiger charge is -2.20. The molecular weight excluding hydrogens is 348 g/mol. The molecule has 0 fully saturated rings. The molecule has 5 nitrogen and oxygen atoms in total. The fourth-order valence-corrected chi connectivity index (χ4v) is 3.15. The van der Waals surface area contributed by atoms with Crippen molar-refractivity contribution in [2.45, 2.75) is 33.2 Å². The summed E-state index contributed by atoms with van der Waals surface area (Å²) >= 11 is 1.22. The number of anilines is 1. The third kappa shape index (κ3) is 5.60. The van der Waals surface area contributed by atoms with Crippen LogP contribution in [0.25, 0.3) is 0 Å². The first-order valence-electron chi connectivity index (χ1n) is 7.72. The third-order valence-corrected chi connectivity index (χ3v) is 4.31. The number of carbonyl (C=O) groups excluding carboxylic acids is 2. The highest BCUT2D eigenvalue weighted by molar-refractivity contribution is 7.15. The van der Waals surface area contributed by atoms with Gasteiger partial charge in [-0.15, -0.1) is 11.3 Å². The molecule has 8 heteroatoms. The van der Waals surface area contributed by atoms with Crippen molar-refractivity contribution in [2.24, 2.45) is 5.92 Å². The molecule has 25 heavy (non-hydrogen) atoms. The minimum Gasteiger partial charge on any atom is -0.344 e. The Kier molecular flexibility index (Phi) is 6.19. The maximum atomic E-state index is 13.2. The summed E-state index contributed by atoms with van der Waals surface area (Å²) in [6.07, 6.45) is 1.85. The van der Waals surface area contributed by atoms with Crippen molar-refractivity contribution in [3.05, 3.63) is 46.5 Å². The number of nitrogens with zero attached hydrogens (tertiary/aromatic N) is 1. The normalized spacial score (nSPS) is 12.1. The second-order valence-corrected chi connectivity index (χ2v) is 7.11. The van der Waals surface area contributed by atoms with Gasteiger partial charge in [-0.1, -0.05) is 13.8 Å². The van der Waals surface area contributed by atoms with Gasteiger partial charge in [0.05, 0.1) is 0 Å². The molecule has 0 radical (unpaired) electrons. The highest BCUT2D eigenvalue weighted by Crippen LogP contribution is 2.22. The smallest absolute Gasteiger partial charge is 0.248 e. The summed E-state index contributed by atoms with van der Waals surface area (Å²) in [6.45, 7) is 5.00. The molecule has 1 aromatic carbocycles. The zero-order valence-electron chi connectivity index (χ0n) is 14.1. The Balaban J connectivity index is 2.05. The van der Waals surface area contributed by atoms with Crippen LogP contribution < -0.4 is 10.6 Å². The Bertz CT molecular complexity index is 757. The number of halogens is 2. The van der Waals surface area contributed by atoms with Gasteiger partial charge in [0.15, 0.2) is 5.13 Å². The molecule has 2 rings (SSSR count). The number of hydrogen-bond donors (Lipinski definition) is 2. The molecular formula is C17H19F2N3O2S. The van der Waals surface area contributed by atoms with Crippen molar-refractivity contribution in [2.75, 3.05) is 5.32 Å². The summed E-state index contributed by atoms with van der Waals surface area (Å²) in [5.74, 6) is -2.01. The number of nitrogens with one attached hydrogen (secondary N) is 2. The number of amides is 2. The topological polar surface area (TPSA) is 71.1 Å². The highest BCUT2D eigenvalue weighted by Gasteiger charge is 2.23. The highest BCUT2D eigenvalue weighted by atomic mass is 32.1. The quantitative estimate of drug-likeness (QED) is 0.824. The van der Waals surface area contributed by atoms with Gasteiger partial charge in [-0.3, -0.25) is 9.59 Å². The fourth-order valence-electron chi connectivity index (χ4n) is 2.30. The molecule has 0 saturated carbocycles. The summed E-state index contributed by atoms with van der Waals surface area (Å²) in [6, 6.07) is 2.66. The van der Waals surface area contributed by atoms with Crippen LogP contribution in [0, 0.1) is 17.6 Å². The molecule has 2 amide bonds. The van der Waals surface area contributed by atoms with Crippen LogP contribution in [-0.2, 0) is 16.0 Å². The van der Waals surface area contributed by atoms with Gasteiger partial charge in [0.2, 0.25) is 11.8 Å². The maximum Gasteiger partial charge on any atom is 0.248 e. The van der Waals surface area contributed by atoms with Crippen molar-refractivity contribution < 1.29 is 18.4 Å². The molecule has 0 aliphatic carbocycles. The Labute approximate surface area is 148 Å². The summed E-state index contributed by atoms with van der Waals surface area (Å²) < 4.78 is 26.5. The van der Waals surface area contributed by atoms with Crippen LogP contribution >= 0.6 is 11.3 Å². The van der Waals surface area contributed by atoms with Crippen LogP contribution in [-0.4, -0.2) is 22.8 Å². The van der Waals surface area contributed by atoms with E-state index < -0.39 is 17.7 Å². The summed E-state index contributed by atoms with van der Waals surface area (Å²) in [7, 11) is 0. The molecule has 1 atom stereocenters. The van der Waals surface area contributed by atoms with Crippen molar-refractivity contribution in [1.29, 1.82) is 0 Å². The Morgan fingerprint density at radius 3 is 2.40 bits per heavy atom. The number of hydrogen-bond acceptors (Lipinski definition) is 4. The SMILES string of the molecule is CC(=O)N[C@H](C(=O)Nc1ncc(Cc2cc(F)cc(F)c2)s1)C(C)C. The molecule has 2 aromatic rings. The van der Waals surface area contributed by atoms with Gasteiger partial charge in [0.1, 0.15) is 17.7 Å². The first-order chi connectivity index (χ1) is 11.7. The largest absolute Gasteiger partial charge is 0.344 e. The van der Waals surface area contributed by atoms with E-state index >= 15 is 0 Å². The molecule has 0 bridgehead atoms. The van der Waals surface area contributed by atoms with Gasteiger partial charge in [-0.05, 0) is 23.6 Å². The van der Waals surface area contributed by atoms with E-state index in [2.05, 4.69) is 15.6 Å². The zero-order valence-corrected chi connectivity index (χ0v) is 14.9. The molecule has 0 spiro atoms. The van der Waals surface area contributed by atoms with Gasteiger partial charge in [0, 0.05) is 30.5 Å². The first-order valence-corrected chi connectivity index (χ1v) is 8.54. The van der Waals surface area contributed by atoms with E-state index in [0.717, 1.165) is 10.9 Å². The maximum absolute atomic E-state index is 13.2. The van der Waals surface area contributed by atoms with E-state index in [0.29, 0.717) is 17.1 Å². The summed E-state index contributed by atoms with van der Waals surface area (Å²) in [5.41, 5.74) is 0.484. The zero-order chi connectivity index (χ0) is 18.6. The summed E-state index contributed by atoms with van der Waals surface area (Å²) in [4.78, 5) is 28.4. The van der Waals surface area contributed by atoms with Crippen LogP contribution in [0.3, 0.4) is 0 Å². The average Bonchev–Trinajstić information content (AvgIpc) is 2.90. The minimum atomic E-state index is -0.665. The molecule has 0 unspecified atom stereocenters. The summed E-state index contributed by atoms with van der Waals surface area (Å²) in [5, 5.41) is 5.63. The fraction of sp³-hybridized carbons (Fsp3) is 0.353. The van der Waals surface area contributed by atoms with Gasteiger partial charge in [-0.25, -0.2) is 13.8 Å². The lowest BCUT2D eigenvalue weighted by atomic mass is 10.0. The van der Waals surface area contributed by atoms with Crippen molar-refractivity contribution in [3.63, 3.8) is 0 Å². The van der Waals surface area contributed by atoms with Crippen LogP contribution in [0.2, 0.25) is 0 Å². The number of thiazole rings is 1. The molecule has 0 saturated heterocycles. The number of carbonyl (C=O) groups is 2. The van der Waals surface area contributed by atoms with Crippen molar-refractivity contribution in [1.82, 2.24) is 10.3 Å². The van der Waals surface area contributed by atoms with Gasteiger partial charge in [0.25, 0.3) is 0 Å². The Morgan fingerprint density at radius 2 is 1.84 bits per heavy atom. The molecule has 0 aliphatic rings. The van der Waals surface area contributed by atoms with Gasteiger partial charge < -0.3 is 10.6 Å². The van der Waals surface area contributed by atoms with Gasteiger partial charge in [-0.2, -0.15) is 0 Å². The number of aromatic nitrogens is 1. The molecule has 2 N–H and O–H groups in total. The Hall–Kier alpha value is -2.35. The van der Waals surface area contributed by atoms with Gasteiger partial charge >= 0.3 is 0 Å². The van der Waals surface area contributed by atoms with E-state index in [4.69, 9.17) is 0 Å². The standard InChI is InChI=1S/C17H19F2N3O2S/c1-9(2)15(21-10(3)23)16(24)22-17-20-8-14(25-17)6-11-4-12(18)7-13(19)5-11/h4-5,7-9,15H,6H2,1-3H3,(H,21,23)(H,20,22,24)/t15-/m0/s1. The van der Waals surface area contributed by atoms with Crippen LogP contribution in [0.15, 0.2) is 24.4 Å². The first kappa shape index (κ1) is 19.0. The minimum absolute atomic E-state index is 0.0846. The van der Waals surface area contributed by atoms with E-state index in [9.17, 15) is 18.4 Å². The van der Waals surface area contributed by atoms with Crippen LogP contribution in [0.5, 0.6) is 0 Å². The van der Waals surface area contributed by atoms with Crippen molar-refractivity contribution in [3.8, 4) is 0 Å². The van der Waals surface area contributed by atoms with E-state index in [1.165, 1.54) is 30.4 Å². The Morgan fingerprint density at radius 1 is 1.20 bits per heavy atom. The van der Waals surface area contributed by atoms with Crippen molar-refractivity contribution >= 4 is 28.3 Å². The lowest BCUT2D eigenvalue weighted by Crippen LogP contribution is -2.46. The predicted molar refractivity (Wildman–Crippen MR) is 92.4 cm³/mol. The molecule has 134 valence electrons. The van der Waals surface area contributed by atoms with E-state index in [-0.39, 0.29) is 17.7 Å². The van der Waals surface area contributed by atoms with Crippen LogP contribution in [0.4, 0.5) is 13.9 Å². The second-order valence-electron chi connectivity index (χ2n) is 6.00. The number of rotatable bonds is 6. The third-order valence-electron chi connectivity index (χ3n) is 3.39. The second kappa shape index (κ2) is 8.15. The molecule has 0 aliphatic heterocycles. The molecule has 1 aromatic heterocycles. The monoisotopic (exact) mass is 367 g/mol. The van der Waals surface area contributed by atoms with Crippen LogP contribution in [0.1, 0.15) is 31.2 Å². The van der Waals surface area contributed by atoms with E-state index in [1.807, 2.05) is 13.8 Å².